The fourth-order valence-corrected chi connectivity index (χ4v) is 14.7. The summed E-state index contributed by atoms with van der Waals surface area (Å²) in [6.07, 6.45) is 96.7. The first kappa shape index (κ1) is 106. The van der Waals surface area contributed by atoms with Crippen molar-refractivity contribution in [2.24, 2.45) is 0 Å². The summed E-state index contributed by atoms with van der Waals surface area (Å²) in [5.41, 5.74) is 0. The number of carbonyl (C=O) groups is 5. The van der Waals surface area contributed by atoms with Crippen molar-refractivity contribution in [3.8, 4) is 0 Å². The summed E-state index contributed by atoms with van der Waals surface area (Å²) in [6.45, 7) is 10.9. The lowest BCUT2D eigenvalue weighted by atomic mass is 10.0. The molecule has 0 aliphatic heterocycles. The molecule has 0 heterocycles. The number of carbonyl (C=O) groups excluding carboxylic acids is 5. The molecule has 0 aromatic rings. The third-order valence-corrected chi connectivity index (χ3v) is 22.0. The van der Waals surface area contributed by atoms with Crippen LogP contribution in [0.15, 0.2) is 0 Å². The highest BCUT2D eigenvalue weighted by Gasteiger charge is 2.21. The molecule has 1 atom stereocenters. The second kappa shape index (κ2) is 93.9. The third kappa shape index (κ3) is 92.1. The largest absolute Gasteiger partial charge is 0.462 e. The van der Waals surface area contributed by atoms with Gasteiger partial charge in [0.05, 0.1) is 6.61 Å². The minimum absolute atomic E-state index is 0.0569. The monoisotopic (exact) mass is 1520 g/mol. The average Bonchev–Trinajstić information content (AvgIpc) is 0.996. The number of rotatable bonds is 89. The minimum atomic E-state index is -0.760. The molecule has 0 aromatic heterocycles. The summed E-state index contributed by atoms with van der Waals surface area (Å²) in [7, 11) is 0. The van der Waals surface area contributed by atoms with Crippen LogP contribution in [0.3, 0.4) is 0 Å². The van der Waals surface area contributed by atoms with Gasteiger partial charge in [0.25, 0.3) is 0 Å². The predicted molar refractivity (Wildman–Crippen MR) is 457 cm³/mol. The molecule has 0 saturated carbocycles. The molecule has 0 saturated heterocycles. The van der Waals surface area contributed by atoms with Gasteiger partial charge in [0, 0.05) is 32.1 Å². The highest BCUT2D eigenvalue weighted by molar-refractivity contribution is 5.71. The Hall–Kier alpha value is -2.69. The van der Waals surface area contributed by atoms with E-state index >= 15 is 0 Å². The Morgan fingerprint density at radius 1 is 0.178 bits per heavy atom. The zero-order chi connectivity index (χ0) is 78.0. The van der Waals surface area contributed by atoms with Gasteiger partial charge in [-0.1, -0.05) is 484 Å². The van der Waals surface area contributed by atoms with Crippen molar-refractivity contribution in [2.75, 3.05) is 26.4 Å². The fourth-order valence-electron chi connectivity index (χ4n) is 14.7. The molecule has 107 heavy (non-hydrogen) atoms. The van der Waals surface area contributed by atoms with Crippen molar-refractivity contribution < 1.29 is 52.8 Å². The molecule has 0 spiro atoms. The number of aliphatic hydroxyl groups is 1. The molecule has 0 radical (unpaired) electrons. The van der Waals surface area contributed by atoms with Crippen molar-refractivity contribution >= 4 is 29.8 Å². The maximum atomic E-state index is 12.8. The van der Waals surface area contributed by atoms with Crippen LogP contribution >= 0.6 is 0 Å². The normalized spacial score (nSPS) is 11.7. The summed E-state index contributed by atoms with van der Waals surface area (Å²) < 4.78 is 27.5. The Kier molecular flexibility index (Phi) is 93.3. The van der Waals surface area contributed by atoms with Gasteiger partial charge in [-0.15, -0.1) is 0 Å². The average molecular weight is 1520 g/mol. The number of unbranched alkanes of at least 4 members (excludes halogenated alkanes) is 70. The van der Waals surface area contributed by atoms with Crippen LogP contribution in [0.5, 0.6) is 0 Å². The summed E-state index contributed by atoms with van der Waals surface area (Å²) in [6, 6.07) is 0. The Morgan fingerprint density at radius 2 is 0.299 bits per heavy atom. The van der Waals surface area contributed by atoms with Gasteiger partial charge in [-0.2, -0.15) is 0 Å². The smallest absolute Gasteiger partial charge is 0.306 e. The SMILES string of the molecule is CCCCCCCCCCCCCCCCCC(=O)OCC(CO)OC(=O)CCCCCCCCCCCCCCCCC.CCCCCCCCCCCCCCCCCC(=O)OCC(COC(=O)CCCCCCCCCCCCCCCCC)OC(=O)CCCCCCCCCCCCCCCCC. The van der Waals surface area contributed by atoms with Gasteiger partial charge in [-0.05, 0) is 32.1 Å². The van der Waals surface area contributed by atoms with E-state index in [2.05, 4.69) is 34.6 Å². The number of hydrogen-bond donors (Lipinski definition) is 1. The standard InChI is InChI=1S/C57H110O6.C39H76O5/c1-4-7-10-13-16-19-22-25-28-31-34-37-40-43-46-49-55(58)61-52-54(63-57(60)51-48-45-42-39-36-33-30-27-24-21-18-15-12-9-6-3)53-62-56(59)50-47-44-41-38-35-32-29-26-23-20-17-14-11-8-5-2;1-3-5-7-9-11-13-15-17-19-21-23-25-27-29-31-33-38(41)43-36-37(35-40)44-39(42)34-32-30-28-26-24-22-20-18-16-14-12-10-8-6-4-2/h54H,4-53H2,1-3H3;37,40H,3-36H2,1-2H3. The van der Waals surface area contributed by atoms with Gasteiger partial charge in [0.15, 0.2) is 12.2 Å². The summed E-state index contributed by atoms with van der Waals surface area (Å²) in [5, 5.41) is 9.54. The lowest BCUT2D eigenvalue weighted by molar-refractivity contribution is -0.167. The van der Waals surface area contributed by atoms with Gasteiger partial charge in [0.2, 0.25) is 0 Å². The number of ether oxygens (including phenoxy) is 5. The van der Waals surface area contributed by atoms with Crippen LogP contribution in [0.25, 0.3) is 0 Å². The van der Waals surface area contributed by atoms with Crippen molar-refractivity contribution in [2.45, 2.75) is 560 Å². The van der Waals surface area contributed by atoms with Crippen LogP contribution in [0.1, 0.15) is 548 Å². The van der Waals surface area contributed by atoms with Gasteiger partial charge in [0.1, 0.15) is 19.8 Å². The van der Waals surface area contributed by atoms with Crippen molar-refractivity contribution in [3.63, 3.8) is 0 Å². The van der Waals surface area contributed by atoms with Crippen LogP contribution in [0.2, 0.25) is 0 Å². The van der Waals surface area contributed by atoms with Crippen LogP contribution in [0.4, 0.5) is 0 Å². The highest BCUT2D eigenvalue weighted by atomic mass is 16.6. The van der Waals surface area contributed by atoms with Crippen LogP contribution in [-0.4, -0.2) is 73.6 Å². The molecular weight excluding hydrogens is 1330 g/mol. The van der Waals surface area contributed by atoms with E-state index in [1.807, 2.05) is 0 Å². The quantitative estimate of drug-likeness (QED) is 0.0352. The molecular formula is C96H186O11. The Labute approximate surface area is 666 Å². The third-order valence-electron chi connectivity index (χ3n) is 22.0. The number of aliphatic hydroxyl groups excluding tert-OH is 1. The number of hydrogen-bond acceptors (Lipinski definition) is 11. The Balaban J connectivity index is 0. The van der Waals surface area contributed by atoms with Gasteiger partial charge >= 0.3 is 29.8 Å². The molecule has 11 heteroatoms. The zero-order valence-electron chi connectivity index (χ0n) is 72.6. The lowest BCUT2D eigenvalue weighted by Gasteiger charge is -2.18. The maximum Gasteiger partial charge on any atom is 0.306 e. The van der Waals surface area contributed by atoms with E-state index in [1.54, 1.807) is 0 Å². The number of esters is 5. The maximum absolute atomic E-state index is 12.8. The molecule has 0 aliphatic rings. The minimum Gasteiger partial charge on any atom is -0.462 e. The molecule has 1 N–H and O–H groups in total. The van der Waals surface area contributed by atoms with Gasteiger partial charge in [-0.25, -0.2) is 0 Å². The van der Waals surface area contributed by atoms with Crippen molar-refractivity contribution in [3.05, 3.63) is 0 Å². The molecule has 1 unspecified atom stereocenters. The van der Waals surface area contributed by atoms with E-state index < -0.39 is 12.2 Å². The van der Waals surface area contributed by atoms with E-state index in [0.29, 0.717) is 32.1 Å². The molecule has 0 aliphatic carbocycles. The first-order chi connectivity index (χ1) is 52.7. The van der Waals surface area contributed by atoms with Gasteiger partial charge < -0.3 is 28.8 Å². The van der Waals surface area contributed by atoms with Gasteiger partial charge in [-0.3, -0.25) is 24.0 Å². The molecule has 0 amide bonds. The second-order valence-electron chi connectivity index (χ2n) is 33.0. The predicted octanol–water partition coefficient (Wildman–Crippen LogP) is 30.7. The molecule has 0 rings (SSSR count). The molecule has 11 nitrogen and oxygen atoms in total. The first-order valence-electron chi connectivity index (χ1n) is 48.1. The second-order valence-corrected chi connectivity index (χ2v) is 33.0. The summed E-state index contributed by atoms with van der Waals surface area (Å²) in [5.74, 6) is -1.41. The molecule has 0 aromatic carbocycles. The van der Waals surface area contributed by atoms with Crippen LogP contribution < -0.4 is 0 Å². The van der Waals surface area contributed by atoms with Crippen molar-refractivity contribution in [1.29, 1.82) is 0 Å². The Morgan fingerprint density at radius 3 is 0.449 bits per heavy atom. The highest BCUT2D eigenvalue weighted by Crippen LogP contribution is 2.21. The molecule has 0 fully saturated rings. The summed E-state index contributed by atoms with van der Waals surface area (Å²) >= 11 is 0. The van der Waals surface area contributed by atoms with E-state index in [-0.39, 0.29) is 56.3 Å². The van der Waals surface area contributed by atoms with Crippen LogP contribution in [0, 0.1) is 0 Å². The lowest BCUT2D eigenvalue weighted by Crippen LogP contribution is -2.30. The topological polar surface area (TPSA) is 152 Å². The first-order valence-corrected chi connectivity index (χ1v) is 48.1. The zero-order valence-corrected chi connectivity index (χ0v) is 72.6. The van der Waals surface area contributed by atoms with E-state index in [1.165, 1.54) is 392 Å². The molecule has 636 valence electrons. The Bertz CT molecular complexity index is 1720. The van der Waals surface area contributed by atoms with E-state index in [0.717, 1.165) is 89.9 Å². The van der Waals surface area contributed by atoms with E-state index in [4.69, 9.17) is 23.7 Å². The van der Waals surface area contributed by atoms with Crippen molar-refractivity contribution in [1.82, 2.24) is 0 Å². The van der Waals surface area contributed by atoms with E-state index in [9.17, 15) is 29.1 Å². The fraction of sp³-hybridized carbons (Fsp3) is 0.948. The molecule has 0 bridgehead atoms. The van der Waals surface area contributed by atoms with Crippen LogP contribution in [-0.2, 0) is 47.7 Å². The summed E-state index contributed by atoms with van der Waals surface area (Å²) in [4.78, 5) is 62.3.